The van der Waals surface area contributed by atoms with Gasteiger partial charge in [-0.25, -0.2) is 8.78 Å². The van der Waals surface area contributed by atoms with Gasteiger partial charge in [0.05, 0.1) is 6.07 Å². The summed E-state index contributed by atoms with van der Waals surface area (Å²) in [4.78, 5) is 0. The van der Waals surface area contributed by atoms with Gasteiger partial charge in [0, 0.05) is 0 Å². The third-order valence-electron chi connectivity index (χ3n) is 0.724. The van der Waals surface area contributed by atoms with Crippen molar-refractivity contribution in [2.45, 2.75) is 0 Å². The van der Waals surface area contributed by atoms with Gasteiger partial charge >= 0.3 is 21.8 Å². The van der Waals surface area contributed by atoms with Gasteiger partial charge < -0.3 is 0 Å². The number of hydrogen-bond acceptors (Lipinski definition) is 1. The SMILES string of the molecule is Fc1[c]c(F)ccc1.[O]=[Zn]. The van der Waals surface area contributed by atoms with E-state index in [9.17, 15) is 8.78 Å². The molecule has 0 heterocycles. The number of rotatable bonds is 0. The molecule has 4 heteroatoms. The van der Waals surface area contributed by atoms with Crippen molar-refractivity contribution in [1.29, 1.82) is 0 Å². The first-order valence-corrected chi connectivity index (χ1v) is 3.62. The minimum atomic E-state index is -0.662. The molecule has 0 aliphatic heterocycles. The second kappa shape index (κ2) is 5.30. The standard InChI is InChI=1S/C6H3F2.O.Zn/c7-5-2-1-3-6(8)4-5;;/h1-3H;;. The maximum absolute atomic E-state index is 11.9. The monoisotopic (exact) mass is 193 g/mol. The van der Waals surface area contributed by atoms with Gasteiger partial charge in [0.1, 0.15) is 11.6 Å². The van der Waals surface area contributed by atoms with Crippen molar-refractivity contribution in [3.8, 4) is 0 Å². The van der Waals surface area contributed by atoms with Crippen molar-refractivity contribution >= 4 is 0 Å². The second-order valence-corrected chi connectivity index (χ2v) is 1.35. The van der Waals surface area contributed by atoms with Crippen LogP contribution in [0.2, 0.25) is 0 Å². The van der Waals surface area contributed by atoms with Gasteiger partial charge in [-0.3, -0.25) is 0 Å². The predicted octanol–water partition coefficient (Wildman–Crippen LogP) is 1.64. The van der Waals surface area contributed by atoms with Crippen LogP contribution in [0.4, 0.5) is 8.78 Å². The van der Waals surface area contributed by atoms with Gasteiger partial charge in [0.25, 0.3) is 0 Å². The van der Waals surface area contributed by atoms with Gasteiger partial charge in [-0.2, -0.15) is 0 Å². The summed E-state index contributed by atoms with van der Waals surface area (Å²) in [6, 6.07) is 5.41. The summed E-state index contributed by atoms with van der Waals surface area (Å²) in [5.74, 6) is -1.32. The molecule has 0 saturated carbocycles. The third-order valence-corrected chi connectivity index (χ3v) is 0.724. The van der Waals surface area contributed by atoms with Crippen molar-refractivity contribution < 1.29 is 30.6 Å². The van der Waals surface area contributed by atoms with Gasteiger partial charge in [0.2, 0.25) is 0 Å². The zero-order valence-corrected chi connectivity index (χ0v) is 8.07. The molecule has 49 valence electrons. The molecule has 0 saturated heterocycles. The molecule has 1 nitrogen and oxygen atoms in total. The molecule has 1 radical (unpaired) electrons. The summed E-state index contributed by atoms with van der Waals surface area (Å²) in [6.07, 6.45) is 0. The fraction of sp³-hybridized carbons (Fsp3) is 0. The Kier molecular flexibility index (Phi) is 5.04. The van der Waals surface area contributed by atoms with Crippen LogP contribution >= 0.6 is 0 Å². The molecular weight excluding hydrogens is 191 g/mol. The Balaban J connectivity index is 0.000000371. The predicted molar refractivity (Wildman–Crippen MR) is 25.9 cm³/mol. The molecule has 0 fully saturated rings. The molecule has 1 rings (SSSR count). The fourth-order valence-electron chi connectivity index (χ4n) is 0.414. The minimum absolute atomic E-state index is 0.125. The average molecular weight is 194 g/mol. The molecule has 0 aromatic heterocycles. The summed E-state index contributed by atoms with van der Waals surface area (Å²) >= 11 is 0.125. The second-order valence-electron chi connectivity index (χ2n) is 1.35. The summed E-state index contributed by atoms with van der Waals surface area (Å²) in [5.41, 5.74) is 0. The van der Waals surface area contributed by atoms with Crippen molar-refractivity contribution in [3.05, 3.63) is 35.9 Å². The van der Waals surface area contributed by atoms with E-state index < -0.39 is 11.6 Å². The van der Waals surface area contributed by atoms with E-state index in [0.717, 1.165) is 12.1 Å². The van der Waals surface area contributed by atoms with Crippen molar-refractivity contribution in [1.82, 2.24) is 0 Å². The zero-order valence-electron chi connectivity index (χ0n) is 5.10. The van der Waals surface area contributed by atoms with Crippen LogP contribution < -0.4 is 0 Å². The van der Waals surface area contributed by atoms with E-state index in [1.165, 1.54) is 6.07 Å². The third kappa shape index (κ3) is 3.51. The molecule has 1 aromatic rings. The van der Waals surface area contributed by atoms with E-state index in [2.05, 4.69) is 0 Å². The van der Waals surface area contributed by atoms with Crippen LogP contribution in [0, 0.1) is 17.7 Å². The summed E-state index contributed by atoms with van der Waals surface area (Å²) in [6.45, 7) is 0. The first-order valence-electron chi connectivity index (χ1n) is 2.41. The van der Waals surface area contributed by atoms with Crippen molar-refractivity contribution in [2.75, 3.05) is 0 Å². The van der Waals surface area contributed by atoms with E-state index in [1.54, 1.807) is 0 Å². The van der Waals surface area contributed by atoms with E-state index >= 15 is 0 Å². The van der Waals surface area contributed by atoms with Gasteiger partial charge in [-0.1, -0.05) is 6.07 Å². The van der Waals surface area contributed by atoms with Crippen LogP contribution in [-0.2, 0) is 21.8 Å². The van der Waals surface area contributed by atoms with Crippen LogP contribution in [0.1, 0.15) is 0 Å². The molecule has 0 spiro atoms. The quantitative estimate of drug-likeness (QED) is 0.574. The average Bonchev–Trinajstić information content (AvgIpc) is 1.91. The summed E-state index contributed by atoms with van der Waals surface area (Å²) in [7, 11) is 0. The van der Waals surface area contributed by atoms with Crippen LogP contribution in [0.5, 0.6) is 0 Å². The van der Waals surface area contributed by atoms with Gasteiger partial charge in [0.15, 0.2) is 0 Å². The normalized spacial score (nSPS) is 8.00. The van der Waals surface area contributed by atoms with Crippen LogP contribution in [0.15, 0.2) is 18.2 Å². The molecule has 0 N–H and O–H groups in total. The summed E-state index contributed by atoms with van der Waals surface area (Å²) in [5, 5.41) is 0. The Morgan fingerprint density at radius 3 is 1.80 bits per heavy atom. The first-order chi connectivity index (χ1) is 4.79. The molecule has 10 heavy (non-hydrogen) atoms. The number of hydrogen-bond donors (Lipinski definition) is 0. The molecular formula is C6H3F2OZn. The Hall–Kier alpha value is -0.497. The molecule has 0 amide bonds. The maximum atomic E-state index is 11.9. The molecule has 0 aliphatic carbocycles. The fourth-order valence-corrected chi connectivity index (χ4v) is 0.414. The first kappa shape index (κ1) is 9.50. The topological polar surface area (TPSA) is 17.1 Å². The molecule has 0 aliphatic rings. The Labute approximate surface area is 67.0 Å². The van der Waals surface area contributed by atoms with E-state index in [0.29, 0.717) is 0 Å². The van der Waals surface area contributed by atoms with Crippen molar-refractivity contribution in [2.24, 2.45) is 0 Å². The number of halogens is 2. The summed E-state index contributed by atoms with van der Waals surface area (Å²) < 4.78 is 32.1. The Morgan fingerprint density at radius 2 is 1.60 bits per heavy atom. The molecule has 0 bridgehead atoms. The molecule has 0 atom stereocenters. The van der Waals surface area contributed by atoms with Crippen molar-refractivity contribution in [3.63, 3.8) is 0 Å². The molecule has 0 unspecified atom stereocenters. The van der Waals surface area contributed by atoms with E-state index in [4.69, 9.17) is 3.57 Å². The van der Waals surface area contributed by atoms with Crippen LogP contribution in [0.3, 0.4) is 0 Å². The Morgan fingerprint density at radius 1 is 1.20 bits per heavy atom. The van der Waals surface area contributed by atoms with E-state index in [1.807, 2.05) is 6.07 Å². The van der Waals surface area contributed by atoms with Gasteiger partial charge in [-0.15, -0.1) is 0 Å². The van der Waals surface area contributed by atoms with Gasteiger partial charge in [-0.05, 0) is 12.1 Å². The zero-order chi connectivity index (χ0) is 7.98. The van der Waals surface area contributed by atoms with Crippen LogP contribution in [0.25, 0.3) is 0 Å². The van der Waals surface area contributed by atoms with E-state index in [-0.39, 0.29) is 18.3 Å². The van der Waals surface area contributed by atoms with Crippen LogP contribution in [-0.4, -0.2) is 0 Å². The Bertz CT molecular complexity index is 187. The molecule has 1 aromatic carbocycles. The number of benzene rings is 1.